The molecule has 15 heavy (non-hydrogen) atoms. The van der Waals surface area contributed by atoms with E-state index < -0.39 is 0 Å². The van der Waals surface area contributed by atoms with Crippen molar-refractivity contribution in [2.24, 2.45) is 5.41 Å². The lowest BCUT2D eigenvalue weighted by atomic mass is 9.86. The number of alkyl halides is 1. The molecule has 0 spiro atoms. The van der Waals surface area contributed by atoms with Crippen LogP contribution in [0.15, 0.2) is 0 Å². The third-order valence-corrected chi connectivity index (χ3v) is 4.20. The van der Waals surface area contributed by atoms with Gasteiger partial charge in [-0.2, -0.15) is 0 Å². The normalized spacial score (nSPS) is 14.2. The average Bonchev–Trinajstić information content (AvgIpc) is 2.29. The molecule has 0 aliphatic rings. The smallest absolute Gasteiger partial charge is 0.0780 e. The standard InChI is InChI=1S/C12H25BrO2/c1-5-12(6-2,9-13)10-15-11(4)8-14-7-3/h11H,5-10H2,1-4H3. The van der Waals surface area contributed by atoms with Crippen LogP contribution in [-0.2, 0) is 9.47 Å². The van der Waals surface area contributed by atoms with Crippen LogP contribution in [0.2, 0.25) is 0 Å². The second kappa shape index (κ2) is 8.54. The fourth-order valence-corrected chi connectivity index (χ4v) is 2.29. The SMILES string of the molecule is CCOCC(C)OCC(CC)(CC)CBr. The third kappa shape index (κ3) is 5.88. The van der Waals surface area contributed by atoms with Crippen molar-refractivity contribution in [3.8, 4) is 0 Å². The Balaban J connectivity index is 3.88. The lowest BCUT2D eigenvalue weighted by molar-refractivity contribution is -0.0375. The first-order chi connectivity index (χ1) is 7.14. The van der Waals surface area contributed by atoms with Crippen LogP contribution >= 0.6 is 15.9 Å². The van der Waals surface area contributed by atoms with E-state index in [4.69, 9.17) is 9.47 Å². The van der Waals surface area contributed by atoms with Crippen molar-refractivity contribution in [3.05, 3.63) is 0 Å². The molecule has 0 bridgehead atoms. The highest BCUT2D eigenvalue weighted by atomic mass is 79.9. The maximum atomic E-state index is 5.83. The van der Waals surface area contributed by atoms with E-state index in [1.54, 1.807) is 0 Å². The summed E-state index contributed by atoms with van der Waals surface area (Å²) < 4.78 is 11.2. The summed E-state index contributed by atoms with van der Waals surface area (Å²) in [4.78, 5) is 0. The van der Waals surface area contributed by atoms with Crippen molar-refractivity contribution in [1.82, 2.24) is 0 Å². The lowest BCUT2D eigenvalue weighted by Crippen LogP contribution is -2.30. The van der Waals surface area contributed by atoms with Crippen LogP contribution in [0.25, 0.3) is 0 Å². The van der Waals surface area contributed by atoms with Gasteiger partial charge in [0.05, 0.1) is 19.3 Å². The number of rotatable bonds is 9. The molecule has 2 nitrogen and oxygen atoms in total. The first kappa shape index (κ1) is 15.4. The van der Waals surface area contributed by atoms with E-state index in [9.17, 15) is 0 Å². The minimum Gasteiger partial charge on any atom is -0.379 e. The summed E-state index contributed by atoms with van der Waals surface area (Å²) in [5, 5.41) is 1.01. The molecule has 0 aromatic carbocycles. The fraction of sp³-hybridized carbons (Fsp3) is 1.00. The molecule has 0 radical (unpaired) electrons. The number of hydrogen-bond acceptors (Lipinski definition) is 2. The number of halogens is 1. The molecule has 0 amide bonds. The van der Waals surface area contributed by atoms with E-state index in [1.807, 2.05) is 6.92 Å². The lowest BCUT2D eigenvalue weighted by Gasteiger charge is -2.30. The van der Waals surface area contributed by atoms with E-state index in [0.29, 0.717) is 12.0 Å². The van der Waals surface area contributed by atoms with E-state index in [1.165, 1.54) is 0 Å². The van der Waals surface area contributed by atoms with Gasteiger partial charge in [0, 0.05) is 17.4 Å². The van der Waals surface area contributed by atoms with Gasteiger partial charge in [-0.05, 0) is 26.7 Å². The van der Waals surface area contributed by atoms with Gasteiger partial charge >= 0.3 is 0 Å². The summed E-state index contributed by atoms with van der Waals surface area (Å²) in [6, 6.07) is 0. The Kier molecular flexibility index (Phi) is 8.77. The Bertz CT molecular complexity index is 138. The Labute approximate surface area is 103 Å². The molecule has 0 fully saturated rings. The molecule has 0 saturated heterocycles. The zero-order valence-electron chi connectivity index (χ0n) is 10.5. The molecule has 0 N–H and O–H groups in total. The Hall–Kier alpha value is 0.400. The van der Waals surface area contributed by atoms with Gasteiger partial charge in [0.25, 0.3) is 0 Å². The first-order valence-corrected chi connectivity index (χ1v) is 7.01. The van der Waals surface area contributed by atoms with Crippen molar-refractivity contribution >= 4 is 15.9 Å². The fourth-order valence-electron chi connectivity index (χ4n) is 1.33. The predicted octanol–water partition coefficient (Wildman–Crippen LogP) is 3.63. The first-order valence-electron chi connectivity index (χ1n) is 5.89. The van der Waals surface area contributed by atoms with E-state index >= 15 is 0 Å². The third-order valence-electron chi connectivity index (χ3n) is 3.01. The van der Waals surface area contributed by atoms with Gasteiger partial charge < -0.3 is 9.47 Å². The second-order valence-corrected chi connectivity index (χ2v) is 4.68. The summed E-state index contributed by atoms with van der Waals surface area (Å²) >= 11 is 3.58. The molecule has 0 aliphatic heterocycles. The van der Waals surface area contributed by atoms with E-state index in [-0.39, 0.29) is 6.10 Å². The molecular weight excluding hydrogens is 256 g/mol. The number of ether oxygens (including phenoxy) is 2. The zero-order valence-corrected chi connectivity index (χ0v) is 12.1. The van der Waals surface area contributed by atoms with E-state index in [0.717, 1.165) is 31.4 Å². The Morgan fingerprint density at radius 2 is 1.80 bits per heavy atom. The highest BCUT2D eigenvalue weighted by molar-refractivity contribution is 9.09. The van der Waals surface area contributed by atoms with Gasteiger partial charge in [-0.15, -0.1) is 0 Å². The quantitative estimate of drug-likeness (QED) is 0.601. The zero-order chi connectivity index (χ0) is 11.7. The monoisotopic (exact) mass is 280 g/mol. The summed E-state index contributed by atoms with van der Waals surface area (Å²) in [7, 11) is 0. The molecule has 0 saturated carbocycles. The topological polar surface area (TPSA) is 18.5 Å². The summed E-state index contributed by atoms with van der Waals surface area (Å²) in [5.41, 5.74) is 0.292. The van der Waals surface area contributed by atoms with Crippen LogP contribution in [0, 0.1) is 5.41 Å². The van der Waals surface area contributed by atoms with Crippen molar-refractivity contribution in [2.75, 3.05) is 25.2 Å². The molecule has 3 heteroatoms. The van der Waals surface area contributed by atoms with Gasteiger partial charge in [-0.25, -0.2) is 0 Å². The molecule has 92 valence electrons. The maximum absolute atomic E-state index is 5.83. The van der Waals surface area contributed by atoms with Crippen LogP contribution < -0.4 is 0 Å². The predicted molar refractivity (Wildman–Crippen MR) is 68.7 cm³/mol. The van der Waals surface area contributed by atoms with Crippen molar-refractivity contribution in [3.63, 3.8) is 0 Å². The van der Waals surface area contributed by atoms with Crippen LogP contribution in [0.4, 0.5) is 0 Å². The highest BCUT2D eigenvalue weighted by Crippen LogP contribution is 2.29. The summed E-state index contributed by atoms with van der Waals surface area (Å²) in [5.74, 6) is 0. The molecule has 1 unspecified atom stereocenters. The van der Waals surface area contributed by atoms with Gasteiger partial charge in [-0.1, -0.05) is 29.8 Å². The molecule has 0 aliphatic carbocycles. The van der Waals surface area contributed by atoms with Crippen LogP contribution in [-0.4, -0.2) is 31.3 Å². The number of hydrogen-bond donors (Lipinski definition) is 0. The van der Waals surface area contributed by atoms with Gasteiger partial charge in [0.15, 0.2) is 0 Å². The van der Waals surface area contributed by atoms with Crippen molar-refractivity contribution < 1.29 is 9.47 Å². The second-order valence-electron chi connectivity index (χ2n) is 4.12. The highest BCUT2D eigenvalue weighted by Gasteiger charge is 2.25. The van der Waals surface area contributed by atoms with Crippen LogP contribution in [0.5, 0.6) is 0 Å². The van der Waals surface area contributed by atoms with Gasteiger partial charge in [0.1, 0.15) is 0 Å². The van der Waals surface area contributed by atoms with Crippen molar-refractivity contribution in [2.45, 2.75) is 46.6 Å². The van der Waals surface area contributed by atoms with Crippen molar-refractivity contribution in [1.29, 1.82) is 0 Å². The van der Waals surface area contributed by atoms with Gasteiger partial charge in [0.2, 0.25) is 0 Å². The molecular formula is C12H25BrO2. The molecule has 0 aromatic rings. The molecule has 1 atom stereocenters. The van der Waals surface area contributed by atoms with E-state index in [2.05, 4.69) is 36.7 Å². The minimum atomic E-state index is 0.196. The minimum absolute atomic E-state index is 0.196. The molecule has 0 heterocycles. The molecule has 0 rings (SSSR count). The molecule has 0 aromatic heterocycles. The maximum Gasteiger partial charge on any atom is 0.0780 e. The Morgan fingerprint density at radius 1 is 1.20 bits per heavy atom. The van der Waals surface area contributed by atoms with Crippen LogP contribution in [0.1, 0.15) is 40.5 Å². The summed E-state index contributed by atoms with van der Waals surface area (Å²) in [6.45, 7) is 10.8. The Morgan fingerprint density at radius 3 is 2.20 bits per heavy atom. The van der Waals surface area contributed by atoms with Gasteiger partial charge in [-0.3, -0.25) is 0 Å². The van der Waals surface area contributed by atoms with Crippen LogP contribution in [0.3, 0.4) is 0 Å². The largest absolute Gasteiger partial charge is 0.379 e. The average molecular weight is 281 g/mol. The summed E-state index contributed by atoms with van der Waals surface area (Å²) in [6.07, 6.45) is 2.49.